The largest absolute Gasteiger partial charge is 0.481 e. The second-order valence-corrected chi connectivity index (χ2v) is 7.17. The van der Waals surface area contributed by atoms with Crippen molar-refractivity contribution in [1.82, 2.24) is 10.3 Å². The zero-order valence-electron chi connectivity index (χ0n) is 14.6. The molecule has 24 heavy (non-hydrogen) atoms. The quantitative estimate of drug-likeness (QED) is 0.719. The molecule has 1 aliphatic rings. The molecule has 1 aliphatic carbocycles. The maximum atomic E-state index is 12.6. The minimum absolute atomic E-state index is 0.0629. The Balaban J connectivity index is 2.30. The van der Waals surface area contributed by atoms with Gasteiger partial charge in [0.1, 0.15) is 5.56 Å². The van der Waals surface area contributed by atoms with Crippen molar-refractivity contribution in [2.75, 3.05) is 0 Å². The fraction of sp³-hybridized carbons (Fsp3) is 0.611. The first-order chi connectivity index (χ1) is 11.2. The molecule has 132 valence electrons. The van der Waals surface area contributed by atoms with Crippen LogP contribution in [0.4, 0.5) is 0 Å². The minimum Gasteiger partial charge on any atom is -0.481 e. The van der Waals surface area contributed by atoms with Gasteiger partial charge in [0, 0.05) is 5.69 Å². The van der Waals surface area contributed by atoms with Gasteiger partial charge < -0.3 is 15.4 Å². The van der Waals surface area contributed by atoms with Crippen molar-refractivity contribution >= 4 is 11.9 Å². The lowest BCUT2D eigenvalue weighted by Gasteiger charge is -2.33. The summed E-state index contributed by atoms with van der Waals surface area (Å²) < 4.78 is 0. The normalized spacial score (nSPS) is 16.8. The molecule has 0 aromatic carbocycles. The first kappa shape index (κ1) is 18.2. The van der Waals surface area contributed by atoms with Crippen molar-refractivity contribution < 1.29 is 14.7 Å². The van der Waals surface area contributed by atoms with Crippen LogP contribution < -0.4 is 10.9 Å². The average Bonchev–Trinajstić information content (AvgIpc) is 2.69. The molecule has 1 unspecified atom stereocenters. The number of pyridine rings is 1. The smallest absolute Gasteiger partial charge is 0.305 e. The summed E-state index contributed by atoms with van der Waals surface area (Å²) >= 11 is 0. The first-order valence-corrected chi connectivity index (χ1v) is 8.52. The fourth-order valence-electron chi connectivity index (χ4n) is 3.05. The molecule has 6 heteroatoms. The SMILES string of the molecule is CC(C)C(C)(CC(=O)O)NC(=O)c1cc2c([nH]c1=O)CCCCC2. The number of carbonyl (C=O) groups excluding carboxylic acids is 1. The van der Waals surface area contributed by atoms with Gasteiger partial charge in [-0.25, -0.2) is 0 Å². The lowest BCUT2D eigenvalue weighted by Crippen LogP contribution is -2.52. The summed E-state index contributed by atoms with van der Waals surface area (Å²) in [5.41, 5.74) is 0.678. The van der Waals surface area contributed by atoms with E-state index in [1.165, 1.54) is 0 Å². The van der Waals surface area contributed by atoms with E-state index in [1.54, 1.807) is 13.0 Å². The topological polar surface area (TPSA) is 99.3 Å². The molecule has 2 rings (SSSR count). The molecular formula is C18H26N2O4. The van der Waals surface area contributed by atoms with Gasteiger partial charge in [-0.15, -0.1) is 0 Å². The van der Waals surface area contributed by atoms with Gasteiger partial charge in [0.05, 0.1) is 12.0 Å². The number of fused-ring (bicyclic) bond motifs is 1. The summed E-state index contributed by atoms with van der Waals surface area (Å²) in [6.07, 6.45) is 4.68. The number of carboxylic acids is 1. The van der Waals surface area contributed by atoms with Crippen molar-refractivity contribution in [1.29, 1.82) is 0 Å². The predicted octanol–water partition coefficient (Wildman–Crippen LogP) is 2.26. The van der Waals surface area contributed by atoms with Crippen LogP contribution in [0.25, 0.3) is 0 Å². The third kappa shape index (κ3) is 4.04. The Bertz CT molecular complexity index is 693. The highest BCUT2D eigenvalue weighted by Gasteiger charge is 2.33. The van der Waals surface area contributed by atoms with Gasteiger partial charge in [-0.05, 0) is 50.2 Å². The average molecular weight is 334 g/mol. The van der Waals surface area contributed by atoms with Crippen LogP contribution in [-0.4, -0.2) is 27.5 Å². The standard InChI is InChI=1S/C18H26N2O4/c1-11(2)18(3,10-15(21)22)20-17(24)13-9-12-7-5-4-6-8-14(12)19-16(13)23/h9,11H,4-8,10H2,1-3H3,(H,19,23)(H,20,24)(H,21,22). The number of aryl methyl sites for hydroxylation is 2. The molecular weight excluding hydrogens is 308 g/mol. The Hall–Kier alpha value is -2.11. The van der Waals surface area contributed by atoms with Crippen molar-refractivity contribution in [3.63, 3.8) is 0 Å². The maximum absolute atomic E-state index is 12.6. The zero-order chi connectivity index (χ0) is 17.9. The van der Waals surface area contributed by atoms with Gasteiger partial charge in [0.25, 0.3) is 11.5 Å². The number of H-pyrrole nitrogens is 1. The monoisotopic (exact) mass is 334 g/mol. The molecule has 6 nitrogen and oxygen atoms in total. The van der Waals surface area contributed by atoms with E-state index >= 15 is 0 Å². The van der Waals surface area contributed by atoms with Crippen molar-refractivity contribution in [3.05, 3.63) is 33.2 Å². The van der Waals surface area contributed by atoms with Gasteiger partial charge in [0.2, 0.25) is 0 Å². The van der Waals surface area contributed by atoms with E-state index in [4.69, 9.17) is 5.11 Å². The maximum Gasteiger partial charge on any atom is 0.305 e. The number of amides is 1. The first-order valence-electron chi connectivity index (χ1n) is 8.52. The highest BCUT2D eigenvalue weighted by atomic mass is 16.4. The molecule has 0 fully saturated rings. The summed E-state index contributed by atoms with van der Waals surface area (Å²) in [5, 5.41) is 11.9. The van der Waals surface area contributed by atoms with Gasteiger partial charge in [-0.3, -0.25) is 14.4 Å². The second-order valence-electron chi connectivity index (χ2n) is 7.17. The van der Waals surface area contributed by atoms with Gasteiger partial charge >= 0.3 is 5.97 Å². The highest BCUT2D eigenvalue weighted by Crippen LogP contribution is 2.22. The molecule has 1 aromatic rings. The number of carbonyl (C=O) groups is 2. The Kier molecular flexibility index (Phi) is 5.47. The molecule has 1 aromatic heterocycles. The molecule has 0 saturated carbocycles. The van der Waals surface area contributed by atoms with Crippen LogP contribution in [-0.2, 0) is 17.6 Å². The Morgan fingerprint density at radius 2 is 1.96 bits per heavy atom. The number of nitrogens with one attached hydrogen (secondary N) is 2. The van der Waals surface area contributed by atoms with Gasteiger partial charge in [-0.2, -0.15) is 0 Å². The van der Waals surface area contributed by atoms with Crippen LogP contribution in [0.2, 0.25) is 0 Å². The molecule has 3 N–H and O–H groups in total. The zero-order valence-corrected chi connectivity index (χ0v) is 14.6. The lowest BCUT2D eigenvalue weighted by atomic mass is 9.85. The van der Waals surface area contributed by atoms with E-state index in [0.29, 0.717) is 0 Å². The van der Waals surface area contributed by atoms with Crippen LogP contribution in [0.3, 0.4) is 0 Å². The van der Waals surface area contributed by atoms with Crippen molar-refractivity contribution in [2.24, 2.45) is 5.92 Å². The van der Waals surface area contributed by atoms with E-state index in [0.717, 1.165) is 43.4 Å². The summed E-state index contributed by atoms with van der Waals surface area (Å²) in [7, 11) is 0. The third-order valence-electron chi connectivity index (χ3n) is 5.02. The van der Waals surface area contributed by atoms with E-state index in [2.05, 4.69) is 10.3 Å². The molecule has 1 atom stereocenters. The number of aliphatic carboxylic acids is 1. The van der Waals surface area contributed by atoms with Crippen LogP contribution in [0.5, 0.6) is 0 Å². The molecule has 0 saturated heterocycles. The van der Waals surface area contributed by atoms with E-state index in [1.807, 2.05) is 13.8 Å². The summed E-state index contributed by atoms with van der Waals surface area (Å²) in [6, 6.07) is 1.68. The number of hydrogen-bond donors (Lipinski definition) is 3. The Morgan fingerprint density at radius 1 is 1.29 bits per heavy atom. The minimum atomic E-state index is -0.984. The van der Waals surface area contributed by atoms with Gasteiger partial charge in [-0.1, -0.05) is 20.3 Å². The Labute approximate surface area is 141 Å². The molecule has 0 radical (unpaired) electrons. The van der Waals surface area contributed by atoms with Crippen LogP contribution in [0, 0.1) is 5.92 Å². The molecule has 0 bridgehead atoms. The van der Waals surface area contributed by atoms with E-state index in [9.17, 15) is 14.4 Å². The summed E-state index contributed by atoms with van der Waals surface area (Å²) in [4.78, 5) is 38.9. The number of aromatic amines is 1. The fourth-order valence-corrected chi connectivity index (χ4v) is 3.05. The molecule has 0 aliphatic heterocycles. The highest BCUT2D eigenvalue weighted by molar-refractivity contribution is 5.94. The number of carboxylic acid groups (broad SMARTS) is 1. The van der Waals surface area contributed by atoms with Crippen molar-refractivity contribution in [2.45, 2.75) is 64.8 Å². The van der Waals surface area contributed by atoms with Gasteiger partial charge in [0.15, 0.2) is 0 Å². The van der Waals surface area contributed by atoms with Crippen molar-refractivity contribution in [3.8, 4) is 0 Å². The molecule has 1 amide bonds. The summed E-state index contributed by atoms with van der Waals surface area (Å²) in [6.45, 7) is 5.40. The van der Waals surface area contributed by atoms with E-state index < -0.39 is 23.0 Å². The predicted molar refractivity (Wildman–Crippen MR) is 91.3 cm³/mol. The van der Waals surface area contributed by atoms with Crippen LogP contribution in [0.1, 0.15) is 68.1 Å². The number of hydrogen-bond acceptors (Lipinski definition) is 3. The third-order valence-corrected chi connectivity index (χ3v) is 5.02. The Morgan fingerprint density at radius 3 is 2.58 bits per heavy atom. The summed E-state index contributed by atoms with van der Waals surface area (Å²) in [5.74, 6) is -1.58. The molecule has 1 heterocycles. The number of aromatic nitrogens is 1. The lowest BCUT2D eigenvalue weighted by molar-refractivity contribution is -0.138. The van der Waals surface area contributed by atoms with E-state index in [-0.39, 0.29) is 17.9 Å². The molecule has 0 spiro atoms. The number of rotatable bonds is 5. The van der Waals surface area contributed by atoms with Crippen LogP contribution >= 0.6 is 0 Å². The van der Waals surface area contributed by atoms with Crippen LogP contribution in [0.15, 0.2) is 10.9 Å². The second kappa shape index (κ2) is 7.20.